The zero-order valence-electron chi connectivity index (χ0n) is 22.0. The summed E-state index contributed by atoms with van der Waals surface area (Å²) in [4.78, 5) is 7.39. The molecule has 0 amide bonds. The fraction of sp³-hybridized carbons (Fsp3) is 0.0588. The Morgan fingerprint density at radius 3 is 1.73 bits per heavy atom. The van der Waals surface area contributed by atoms with Crippen molar-refractivity contribution in [2.75, 3.05) is 4.90 Å². The van der Waals surface area contributed by atoms with Gasteiger partial charge in [-0.05, 0) is 91.2 Å². The molecule has 0 unspecified atom stereocenters. The maximum atomic E-state index is 4.58. The van der Waals surface area contributed by atoms with Gasteiger partial charge in [-0.15, -0.1) is 22.7 Å². The molecule has 0 spiro atoms. The zero-order chi connectivity index (χ0) is 27.1. The van der Waals surface area contributed by atoms with Crippen LogP contribution in [0.2, 0.25) is 0 Å². The summed E-state index contributed by atoms with van der Waals surface area (Å²) in [6.07, 6.45) is 0. The molecule has 0 aliphatic rings. The van der Waals surface area contributed by atoms with E-state index in [0.29, 0.717) is 0 Å². The summed E-state index contributed by atoms with van der Waals surface area (Å²) in [7, 11) is 0. The van der Waals surface area contributed by atoms with Crippen molar-refractivity contribution in [3.8, 4) is 31.3 Å². The van der Waals surface area contributed by atoms with E-state index >= 15 is 0 Å². The summed E-state index contributed by atoms with van der Waals surface area (Å²) in [6.45, 7) is 4.24. The van der Waals surface area contributed by atoms with Crippen LogP contribution in [-0.4, -0.2) is 8.75 Å². The van der Waals surface area contributed by atoms with Gasteiger partial charge in [0.15, 0.2) is 0 Å². The van der Waals surface area contributed by atoms with Crippen LogP contribution < -0.4 is 4.90 Å². The molecule has 194 valence electrons. The Balaban J connectivity index is 1.21. The molecule has 40 heavy (non-hydrogen) atoms. The molecule has 0 fully saturated rings. The molecule has 7 rings (SSSR count). The van der Waals surface area contributed by atoms with Crippen LogP contribution in [0.15, 0.2) is 115 Å². The first-order valence-electron chi connectivity index (χ1n) is 13.1. The molecule has 3 aromatic heterocycles. The van der Waals surface area contributed by atoms with Gasteiger partial charge < -0.3 is 4.90 Å². The molecule has 0 aliphatic heterocycles. The highest BCUT2D eigenvalue weighted by atomic mass is 32.1. The molecule has 6 heteroatoms. The summed E-state index contributed by atoms with van der Waals surface area (Å²) < 4.78 is 9.08. The lowest BCUT2D eigenvalue weighted by Gasteiger charge is -2.25. The van der Waals surface area contributed by atoms with E-state index in [-0.39, 0.29) is 0 Å². The number of thiophene rings is 2. The first-order chi connectivity index (χ1) is 19.6. The van der Waals surface area contributed by atoms with Crippen LogP contribution in [0.4, 0.5) is 17.1 Å². The Kier molecular flexibility index (Phi) is 6.52. The van der Waals surface area contributed by atoms with Gasteiger partial charge in [-0.2, -0.15) is 8.75 Å². The largest absolute Gasteiger partial charge is 0.311 e. The normalized spacial score (nSPS) is 11.2. The third kappa shape index (κ3) is 4.64. The van der Waals surface area contributed by atoms with E-state index in [1.807, 2.05) is 11.3 Å². The van der Waals surface area contributed by atoms with Crippen molar-refractivity contribution in [1.82, 2.24) is 8.75 Å². The maximum Gasteiger partial charge on any atom is 0.113 e. The molecule has 0 saturated carbocycles. The van der Waals surface area contributed by atoms with Crippen LogP contribution in [0, 0.1) is 13.8 Å². The van der Waals surface area contributed by atoms with Gasteiger partial charge in [-0.3, -0.25) is 0 Å². The summed E-state index contributed by atoms with van der Waals surface area (Å²) in [5.41, 5.74) is 10.2. The molecule has 4 aromatic carbocycles. The van der Waals surface area contributed by atoms with Crippen LogP contribution in [-0.2, 0) is 0 Å². The monoisotopic (exact) mass is 571 g/mol. The minimum atomic E-state index is 0.993. The summed E-state index contributed by atoms with van der Waals surface area (Å²) in [6, 6.07) is 41.4. The molecule has 3 heterocycles. The number of para-hydroxylation sites is 1. The lowest BCUT2D eigenvalue weighted by atomic mass is 10.1. The number of fused-ring (bicyclic) bond motifs is 1. The minimum Gasteiger partial charge on any atom is -0.311 e. The Hall–Kier alpha value is -4.10. The number of nitrogens with zero attached hydrogens (tertiary/aromatic N) is 3. The van der Waals surface area contributed by atoms with E-state index in [0.717, 1.165) is 33.7 Å². The highest BCUT2D eigenvalue weighted by Gasteiger charge is 2.15. The number of aromatic nitrogens is 2. The van der Waals surface area contributed by atoms with E-state index in [9.17, 15) is 0 Å². The van der Waals surface area contributed by atoms with Crippen LogP contribution >= 0.6 is 34.4 Å². The van der Waals surface area contributed by atoms with Gasteiger partial charge in [-0.1, -0.05) is 54.6 Å². The van der Waals surface area contributed by atoms with Crippen molar-refractivity contribution in [3.05, 3.63) is 126 Å². The van der Waals surface area contributed by atoms with Gasteiger partial charge >= 0.3 is 0 Å². The highest BCUT2D eigenvalue weighted by Crippen LogP contribution is 2.40. The lowest BCUT2D eigenvalue weighted by molar-refractivity contribution is 1.28. The average molecular weight is 572 g/mol. The summed E-state index contributed by atoms with van der Waals surface area (Å²) in [5.74, 6) is 0. The average Bonchev–Trinajstić information content (AvgIpc) is 3.77. The molecule has 7 aromatic rings. The minimum absolute atomic E-state index is 0.993. The third-order valence-electron chi connectivity index (χ3n) is 7.06. The van der Waals surface area contributed by atoms with E-state index in [1.54, 1.807) is 11.3 Å². The fourth-order valence-corrected chi connectivity index (χ4v) is 7.52. The smallest absolute Gasteiger partial charge is 0.113 e. The van der Waals surface area contributed by atoms with Crippen molar-refractivity contribution in [3.63, 3.8) is 0 Å². The SMILES string of the molecule is Cc1ccc(-c2ccc(N(c3ccccc3)c3ccc(-c4ccc(-c5ccc(C)c6nsnc56)s4)cc3)cc2)s1. The number of hydrogen-bond donors (Lipinski definition) is 0. The molecule has 3 nitrogen and oxygen atoms in total. The van der Waals surface area contributed by atoms with Gasteiger partial charge in [0.05, 0.1) is 11.7 Å². The lowest BCUT2D eigenvalue weighted by Crippen LogP contribution is -2.09. The molecular formula is C34H25N3S3. The topological polar surface area (TPSA) is 29.0 Å². The van der Waals surface area contributed by atoms with Gasteiger partial charge in [0, 0.05) is 42.1 Å². The maximum absolute atomic E-state index is 4.58. The first kappa shape index (κ1) is 24.9. The highest BCUT2D eigenvalue weighted by molar-refractivity contribution is 7.19. The molecular weight excluding hydrogens is 547 g/mol. The second-order valence-corrected chi connectivity index (χ2v) is 12.6. The molecule has 0 aliphatic carbocycles. The van der Waals surface area contributed by atoms with Crippen molar-refractivity contribution in [2.45, 2.75) is 13.8 Å². The fourth-order valence-electron chi connectivity index (χ4n) is 4.99. The van der Waals surface area contributed by atoms with Crippen LogP contribution in [0.5, 0.6) is 0 Å². The molecule has 0 N–H and O–H groups in total. The summed E-state index contributed by atoms with van der Waals surface area (Å²) >= 11 is 4.91. The van der Waals surface area contributed by atoms with Crippen LogP contribution in [0.3, 0.4) is 0 Å². The third-order valence-corrected chi connectivity index (χ3v) is 9.81. The van der Waals surface area contributed by atoms with Crippen molar-refractivity contribution in [1.29, 1.82) is 0 Å². The summed E-state index contributed by atoms with van der Waals surface area (Å²) in [5, 5.41) is 0. The standard InChI is InChI=1S/C34H25N3S3/c1-22-8-18-29(34-33(22)35-40-36-34)32-21-20-31(39-32)25-12-16-28(17-13-25)37(26-6-4-3-5-7-26)27-14-10-24(11-15-27)30-19-9-23(2)38-30/h3-21H,1-2H3. The van der Waals surface area contributed by atoms with E-state index in [2.05, 4.69) is 143 Å². The Morgan fingerprint density at radius 1 is 0.500 bits per heavy atom. The van der Waals surface area contributed by atoms with Gasteiger partial charge in [0.2, 0.25) is 0 Å². The predicted octanol–water partition coefficient (Wildman–Crippen LogP) is 10.9. The number of benzene rings is 4. The molecule has 0 bridgehead atoms. The molecule has 0 saturated heterocycles. The Labute approximate surface area is 246 Å². The van der Waals surface area contributed by atoms with E-state index < -0.39 is 0 Å². The first-order valence-corrected chi connectivity index (χ1v) is 15.4. The van der Waals surface area contributed by atoms with Crippen molar-refractivity contribution in [2.24, 2.45) is 0 Å². The van der Waals surface area contributed by atoms with Gasteiger partial charge in [0.25, 0.3) is 0 Å². The second-order valence-electron chi connectivity index (χ2n) is 9.73. The number of hydrogen-bond acceptors (Lipinski definition) is 6. The number of aryl methyl sites for hydroxylation is 2. The number of anilines is 3. The van der Waals surface area contributed by atoms with E-state index in [1.165, 1.54) is 47.9 Å². The second kappa shape index (κ2) is 10.5. The van der Waals surface area contributed by atoms with Crippen LogP contribution in [0.1, 0.15) is 10.4 Å². The van der Waals surface area contributed by atoms with Crippen LogP contribution in [0.25, 0.3) is 42.4 Å². The predicted molar refractivity (Wildman–Crippen MR) is 174 cm³/mol. The quantitative estimate of drug-likeness (QED) is 0.199. The van der Waals surface area contributed by atoms with Gasteiger partial charge in [0.1, 0.15) is 11.0 Å². The molecule has 0 radical (unpaired) electrons. The van der Waals surface area contributed by atoms with E-state index in [4.69, 9.17) is 0 Å². The zero-order valence-corrected chi connectivity index (χ0v) is 24.5. The Bertz CT molecular complexity index is 1910. The van der Waals surface area contributed by atoms with Crippen molar-refractivity contribution >= 4 is 62.5 Å². The Morgan fingerprint density at radius 2 is 1.07 bits per heavy atom. The van der Waals surface area contributed by atoms with Crippen molar-refractivity contribution < 1.29 is 0 Å². The van der Waals surface area contributed by atoms with Gasteiger partial charge in [-0.25, -0.2) is 0 Å². The molecule has 0 atom stereocenters. The number of rotatable bonds is 6.